The number of hydrogen-bond donors (Lipinski definition) is 2. The lowest BCUT2D eigenvalue weighted by atomic mass is 9.78. The van der Waals surface area contributed by atoms with Crippen molar-refractivity contribution in [1.29, 1.82) is 0 Å². The minimum absolute atomic E-state index is 0.157. The Morgan fingerprint density at radius 2 is 1.56 bits per heavy atom. The smallest absolute Gasteiger partial charge is 0.108 e. The monoisotopic (exact) mass is 367 g/mol. The molecule has 0 unspecified atom stereocenters. The van der Waals surface area contributed by atoms with E-state index in [0.717, 1.165) is 17.0 Å². The highest BCUT2D eigenvalue weighted by Crippen LogP contribution is 2.29. The van der Waals surface area contributed by atoms with Crippen molar-refractivity contribution >= 4 is 0 Å². The van der Waals surface area contributed by atoms with Crippen LogP contribution in [0.3, 0.4) is 0 Å². The van der Waals surface area contributed by atoms with E-state index in [-0.39, 0.29) is 6.10 Å². The zero-order chi connectivity index (χ0) is 19.1. The molecule has 3 heteroatoms. The third-order valence-corrected chi connectivity index (χ3v) is 5.98. The molecule has 0 bridgehead atoms. The summed E-state index contributed by atoms with van der Waals surface area (Å²) in [5.41, 5.74) is 2.22. The maximum absolute atomic E-state index is 10.5. The summed E-state index contributed by atoms with van der Waals surface area (Å²) in [4.78, 5) is 0. The third-order valence-electron chi connectivity index (χ3n) is 5.98. The van der Waals surface area contributed by atoms with Crippen molar-refractivity contribution in [2.75, 3.05) is 13.2 Å². The number of ether oxygens (including phenoxy) is 1. The summed E-state index contributed by atoms with van der Waals surface area (Å²) in [6.45, 7) is 5.56. The van der Waals surface area contributed by atoms with Gasteiger partial charge in [-0.3, -0.25) is 0 Å². The Balaban J connectivity index is 1.55. The first kappa shape index (κ1) is 20.1. The van der Waals surface area contributed by atoms with E-state index in [1.807, 2.05) is 36.4 Å². The quantitative estimate of drug-likeness (QED) is 0.718. The summed E-state index contributed by atoms with van der Waals surface area (Å²) < 4.78 is 6.17. The Bertz CT molecular complexity index is 621. The SMILES string of the molecule is C[C@H]1[C@@H](NC[C@H](O)COC(c2ccccc2)c2ccccc2)CCC[C@@H]1C. The molecule has 1 fully saturated rings. The van der Waals surface area contributed by atoms with Gasteiger partial charge < -0.3 is 15.2 Å². The highest BCUT2D eigenvalue weighted by atomic mass is 16.5. The molecule has 3 rings (SSSR count). The standard InChI is InChI=1S/C24H33NO2/c1-18-10-9-15-23(19(18)2)25-16-22(26)17-27-24(20-11-5-3-6-12-20)21-13-7-4-8-14-21/h3-8,11-14,18-19,22-26H,9-10,15-17H2,1-2H3/t18-,19+,22-,23-/m0/s1. The maximum atomic E-state index is 10.5. The van der Waals surface area contributed by atoms with E-state index in [1.165, 1.54) is 19.3 Å². The van der Waals surface area contributed by atoms with Crippen LogP contribution in [0.25, 0.3) is 0 Å². The van der Waals surface area contributed by atoms with Gasteiger partial charge in [0.1, 0.15) is 6.10 Å². The minimum Gasteiger partial charge on any atom is -0.389 e. The van der Waals surface area contributed by atoms with Gasteiger partial charge in [0.2, 0.25) is 0 Å². The van der Waals surface area contributed by atoms with Crippen molar-refractivity contribution in [2.45, 2.75) is 51.4 Å². The van der Waals surface area contributed by atoms with Crippen molar-refractivity contribution in [3.8, 4) is 0 Å². The van der Waals surface area contributed by atoms with E-state index in [4.69, 9.17) is 4.74 Å². The second kappa shape index (κ2) is 10.0. The number of aliphatic hydroxyl groups excluding tert-OH is 1. The van der Waals surface area contributed by atoms with E-state index in [9.17, 15) is 5.11 Å². The van der Waals surface area contributed by atoms with Crippen LogP contribution in [-0.2, 0) is 4.74 Å². The molecular weight excluding hydrogens is 334 g/mol. The van der Waals surface area contributed by atoms with E-state index < -0.39 is 6.10 Å². The predicted octanol–water partition coefficient (Wildman–Crippen LogP) is 4.57. The van der Waals surface area contributed by atoms with Crippen LogP contribution < -0.4 is 5.32 Å². The molecule has 2 aromatic carbocycles. The lowest BCUT2D eigenvalue weighted by molar-refractivity contribution is 0.00387. The van der Waals surface area contributed by atoms with Crippen LogP contribution in [-0.4, -0.2) is 30.4 Å². The predicted molar refractivity (Wildman–Crippen MR) is 111 cm³/mol. The van der Waals surface area contributed by atoms with Crippen LogP contribution in [0.2, 0.25) is 0 Å². The van der Waals surface area contributed by atoms with Crippen LogP contribution in [0.5, 0.6) is 0 Å². The fourth-order valence-electron chi connectivity index (χ4n) is 4.06. The molecule has 1 aliphatic carbocycles. The first-order chi connectivity index (χ1) is 13.1. The molecule has 146 valence electrons. The fraction of sp³-hybridized carbons (Fsp3) is 0.500. The van der Waals surface area contributed by atoms with Gasteiger partial charge >= 0.3 is 0 Å². The highest BCUT2D eigenvalue weighted by molar-refractivity contribution is 5.29. The van der Waals surface area contributed by atoms with Crippen molar-refractivity contribution in [1.82, 2.24) is 5.32 Å². The second-order valence-electron chi connectivity index (χ2n) is 7.97. The van der Waals surface area contributed by atoms with Gasteiger partial charge in [-0.2, -0.15) is 0 Å². The van der Waals surface area contributed by atoms with E-state index in [0.29, 0.717) is 25.1 Å². The summed E-state index contributed by atoms with van der Waals surface area (Å²) in [6, 6.07) is 20.9. The van der Waals surface area contributed by atoms with Gasteiger partial charge in [-0.25, -0.2) is 0 Å². The van der Waals surface area contributed by atoms with Gasteiger partial charge in [0.05, 0.1) is 12.7 Å². The van der Waals surface area contributed by atoms with E-state index >= 15 is 0 Å². The summed E-state index contributed by atoms with van der Waals surface area (Å²) >= 11 is 0. The molecule has 0 radical (unpaired) electrons. The van der Waals surface area contributed by atoms with Gasteiger partial charge in [-0.15, -0.1) is 0 Å². The van der Waals surface area contributed by atoms with E-state index in [2.05, 4.69) is 43.4 Å². The Morgan fingerprint density at radius 3 is 2.15 bits per heavy atom. The molecule has 1 aliphatic rings. The van der Waals surface area contributed by atoms with E-state index in [1.54, 1.807) is 0 Å². The van der Waals surface area contributed by atoms with Gasteiger partial charge in [-0.05, 0) is 29.4 Å². The Hall–Kier alpha value is -1.68. The number of hydrogen-bond acceptors (Lipinski definition) is 3. The van der Waals surface area contributed by atoms with Crippen LogP contribution in [0, 0.1) is 11.8 Å². The average Bonchev–Trinajstić information content (AvgIpc) is 2.71. The molecule has 27 heavy (non-hydrogen) atoms. The molecule has 0 aromatic heterocycles. The lowest BCUT2D eigenvalue weighted by Gasteiger charge is -2.35. The van der Waals surface area contributed by atoms with Gasteiger partial charge in [0.25, 0.3) is 0 Å². The molecule has 2 aromatic rings. The Kier molecular flexibility index (Phi) is 7.45. The van der Waals surface area contributed by atoms with Gasteiger partial charge in [0.15, 0.2) is 0 Å². The zero-order valence-corrected chi connectivity index (χ0v) is 16.6. The molecule has 4 atom stereocenters. The number of rotatable bonds is 8. The molecule has 0 spiro atoms. The third kappa shape index (κ3) is 5.65. The number of nitrogens with one attached hydrogen (secondary N) is 1. The number of benzene rings is 2. The molecule has 0 aliphatic heterocycles. The van der Waals surface area contributed by atoms with Gasteiger partial charge in [-0.1, -0.05) is 87.4 Å². The highest BCUT2D eigenvalue weighted by Gasteiger charge is 2.27. The van der Waals surface area contributed by atoms with Crippen LogP contribution in [0.4, 0.5) is 0 Å². The van der Waals surface area contributed by atoms with Crippen LogP contribution in [0.15, 0.2) is 60.7 Å². The van der Waals surface area contributed by atoms with Crippen molar-refractivity contribution in [3.63, 3.8) is 0 Å². The first-order valence-corrected chi connectivity index (χ1v) is 10.3. The van der Waals surface area contributed by atoms with Crippen molar-refractivity contribution in [2.24, 2.45) is 11.8 Å². The lowest BCUT2D eigenvalue weighted by Crippen LogP contribution is -2.44. The normalized spacial score (nSPS) is 24.1. The number of aliphatic hydroxyl groups is 1. The summed E-state index contributed by atoms with van der Waals surface area (Å²) in [7, 11) is 0. The van der Waals surface area contributed by atoms with Gasteiger partial charge in [0, 0.05) is 12.6 Å². The van der Waals surface area contributed by atoms with Crippen LogP contribution in [0.1, 0.15) is 50.3 Å². The van der Waals surface area contributed by atoms with Crippen LogP contribution >= 0.6 is 0 Å². The summed E-state index contributed by atoms with van der Waals surface area (Å²) in [5.74, 6) is 1.42. The molecule has 3 nitrogen and oxygen atoms in total. The second-order valence-corrected chi connectivity index (χ2v) is 7.97. The first-order valence-electron chi connectivity index (χ1n) is 10.3. The molecule has 0 saturated heterocycles. The molecule has 0 amide bonds. The maximum Gasteiger partial charge on any atom is 0.108 e. The molecule has 2 N–H and O–H groups in total. The van der Waals surface area contributed by atoms with Crippen molar-refractivity contribution in [3.05, 3.63) is 71.8 Å². The van der Waals surface area contributed by atoms with Crippen molar-refractivity contribution < 1.29 is 9.84 Å². The molecular formula is C24H33NO2. The molecule has 0 heterocycles. The zero-order valence-electron chi connectivity index (χ0n) is 16.6. The summed E-state index contributed by atoms with van der Waals surface area (Å²) in [5, 5.41) is 14.1. The topological polar surface area (TPSA) is 41.5 Å². The Morgan fingerprint density at radius 1 is 0.963 bits per heavy atom. The molecule has 1 saturated carbocycles. The summed E-state index contributed by atoms with van der Waals surface area (Å²) in [6.07, 6.45) is 3.14. The Labute approximate surface area is 163 Å². The largest absolute Gasteiger partial charge is 0.389 e. The average molecular weight is 368 g/mol. The minimum atomic E-state index is -0.510. The fourth-order valence-corrected chi connectivity index (χ4v) is 4.06.